The number of hydrogen-bond donors (Lipinski definition) is 1. The van der Waals surface area contributed by atoms with Crippen LogP contribution in [-0.4, -0.2) is 49.6 Å². The van der Waals surface area contributed by atoms with E-state index in [2.05, 4.69) is 42.3 Å². The lowest BCUT2D eigenvalue weighted by Crippen LogP contribution is -2.52. The predicted octanol–water partition coefficient (Wildman–Crippen LogP) is 2.50. The summed E-state index contributed by atoms with van der Waals surface area (Å²) in [5, 5.41) is 12.8. The van der Waals surface area contributed by atoms with E-state index in [0.717, 1.165) is 30.9 Å². The minimum absolute atomic E-state index is 0.102. The molecule has 1 unspecified atom stereocenters. The highest BCUT2D eigenvalue weighted by Gasteiger charge is 2.42. The van der Waals surface area contributed by atoms with Crippen molar-refractivity contribution in [2.75, 3.05) is 37.6 Å². The molecule has 0 bridgehead atoms. The van der Waals surface area contributed by atoms with Crippen LogP contribution in [0.2, 0.25) is 0 Å². The van der Waals surface area contributed by atoms with E-state index in [0.29, 0.717) is 24.7 Å². The van der Waals surface area contributed by atoms with Crippen molar-refractivity contribution < 1.29 is 4.79 Å². The molecule has 2 heterocycles. The summed E-state index contributed by atoms with van der Waals surface area (Å²) in [7, 11) is 0. The van der Waals surface area contributed by atoms with Crippen LogP contribution in [0.5, 0.6) is 0 Å². The van der Waals surface area contributed by atoms with Crippen LogP contribution < -0.4 is 10.2 Å². The Morgan fingerprint density at radius 2 is 2.07 bits per heavy atom. The Hall–Kier alpha value is -2.68. The number of carbonyl (C=O) groups is 1. The number of piperazine rings is 1. The van der Waals surface area contributed by atoms with Crippen LogP contribution in [0.25, 0.3) is 0 Å². The maximum absolute atomic E-state index is 13.3. The molecule has 2 atom stereocenters. The molecule has 2 aromatic rings. The van der Waals surface area contributed by atoms with Crippen molar-refractivity contribution in [3.8, 4) is 6.07 Å². The van der Waals surface area contributed by atoms with Crippen molar-refractivity contribution in [2.24, 2.45) is 0 Å². The number of nitrogens with zero attached hydrogens (tertiary/aromatic N) is 3. The Morgan fingerprint density at radius 1 is 1.29 bits per heavy atom. The van der Waals surface area contributed by atoms with Gasteiger partial charge in [-0.05, 0) is 37.1 Å². The molecule has 0 spiro atoms. The van der Waals surface area contributed by atoms with Crippen molar-refractivity contribution in [3.63, 3.8) is 0 Å². The first kappa shape index (κ1) is 18.7. The maximum Gasteiger partial charge on any atom is 0.241 e. The van der Waals surface area contributed by atoms with Crippen LogP contribution in [0.15, 0.2) is 48.5 Å². The lowest BCUT2D eigenvalue weighted by Gasteiger charge is -2.33. The van der Waals surface area contributed by atoms with E-state index in [-0.39, 0.29) is 11.3 Å². The van der Waals surface area contributed by atoms with Crippen LogP contribution >= 0.6 is 0 Å². The second kappa shape index (κ2) is 7.38. The Balaban J connectivity index is 1.67. The summed E-state index contributed by atoms with van der Waals surface area (Å²) >= 11 is 0. The Morgan fingerprint density at radius 3 is 2.79 bits per heavy atom. The second-order valence-corrected chi connectivity index (χ2v) is 8.11. The number of fused-ring (bicyclic) bond motifs is 1. The van der Waals surface area contributed by atoms with Gasteiger partial charge in [-0.2, -0.15) is 5.26 Å². The molecule has 2 aliphatic rings. The van der Waals surface area contributed by atoms with E-state index < -0.39 is 0 Å². The number of amides is 1. The van der Waals surface area contributed by atoms with Gasteiger partial charge in [-0.3, -0.25) is 9.69 Å². The first-order chi connectivity index (χ1) is 13.5. The number of nitrogens with one attached hydrogen (secondary N) is 1. The van der Waals surface area contributed by atoms with Crippen LogP contribution in [0, 0.1) is 11.3 Å². The number of carbonyl (C=O) groups excluding carboxylic acids is 1. The van der Waals surface area contributed by atoms with Crippen LogP contribution in [0.4, 0.5) is 5.69 Å². The van der Waals surface area contributed by atoms with Crippen molar-refractivity contribution >= 4 is 11.6 Å². The lowest BCUT2D eigenvalue weighted by molar-refractivity contribution is -0.120. The SMILES string of the molecule is CC1CN(CC(=O)N2C[C@@](C)(c3ccccc3)c3ccc(C#N)cc32)CCN1. The molecule has 2 aromatic carbocycles. The summed E-state index contributed by atoms with van der Waals surface area (Å²) < 4.78 is 0. The fraction of sp³-hybridized carbons (Fsp3) is 0.391. The summed E-state index contributed by atoms with van der Waals surface area (Å²) in [4.78, 5) is 17.4. The van der Waals surface area contributed by atoms with Gasteiger partial charge in [-0.1, -0.05) is 36.4 Å². The first-order valence-electron chi connectivity index (χ1n) is 9.87. The fourth-order valence-electron chi connectivity index (χ4n) is 4.49. The molecular weight excluding hydrogens is 348 g/mol. The highest BCUT2D eigenvalue weighted by molar-refractivity contribution is 5.98. The molecule has 2 aliphatic heterocycles. The minimum atomic E-state index is -0.281. The maximum atomic E-state index is 13.3. The molecule has 0 aromatic heterocycles. The third-order valence-corrected chi connectivity index (χ3v) is 6.01. The molecule has 5 heteroatoms. The first-order valence-corrected chi connectivity index (χ1v) is 9.87. The van der Waals surface area contributed by atoms with Crippen molar-refractivity contribution in [3.05, 3.63) is 65.2 Å². The predicted molar refractivity (Wildman–Crippen MR) is 110 cm³/mol. The van der Waals surface area contributed by atoms with Gasteiger partial charge >= 0.3 is 0 Å². The number of anilines is 1. The summed E-state index contributed by atoms with van der Waals surface area (Å²) in [5.41, 5.74) is 3.48. The van der Waals surface area contributed by atoms with E-state index in [9.17, 15) is 10.1 Å². The molecule has 28 heavy (non-hydrogen) atoms. The van der Waals surface area contributed by atoms with E-state index in [1.54, 1.807) is 0 Å². The highest BCUT2D eigenvalue weighted by atomic mass is 16.2. The Bertz CT molecular complexity index is 920. The Kier molecular flexibility index (Phi) is 4.92. The van der Waals surface area contributed by atoms with Gasteiger partial charge in [0.25, 0.3) is 0 Å². The number of rotatable bonds is 3. The van der Waals surface area contributed by atoms with E-state index in [1.807, 2.05) is 41.3 Å². The second-order valence-electron chi connectivity index (χ2n) is 8.11. The quantitative estimate of drug-likeness (QED) is 0.897. The van der Waals surface area contributed by atoms with Crippen LogP contribution in [0.1, 0.15) is 30.5 Å². The van der Waals surface area contributed by atoms with Gasteiger partial charge in [0.2, 0.25) is 5.91 Å². The average Bonchev–Trinajstić information content (AvgIpc) is 3.02. The van der Waals surface area contributed by atoms with Crippen molar-refractivity contribution in [1.82, 2.24) is 10.2 Å². The van der Waals surface area contributed by atoms with Gasteiger partial charge in [0.15, 0.2) is 0 Å². The zero-order chi connectivity index (χ0) is 19.7. The molecular formula is C23H26N4O. The van der Waals surface area contributed by atoms with Crippen LogP contribution in [-0.2, 0) is 10.2 Å². The fourth-order valence-corrected chi connectivity index (χ4v) is 4.49. The van der Waals surface area contributed by atoms with Crippen molar-refractivity contribution in [2.45, 2.75) is 25.3 Å². The molecule has 0 radical (unpaired) electrons. The smallest absolute Gasteiger partial charge is 0.241 e. The van der Waals surface area contributed by atoms with Gasteiger partial charge in [0.1, 0.15) is 0 Å². The van der Waals surface area contributed by atoms with Gasteiger partial charge in [0, 0.05) is 43.3 Å². The largest absolute Gasteiger partial charge is 0.312 e. The third kappa shape index (κ3) is 3.30. The summed E-state index contributed by atoms with van der Waals surface area (Å²) in [5.74, 6) is 0.102. The normalized spacial score (nSPS) is 24.6. The Labute approximate surface area is 166 Å². The molecule has 5 nitrogen and oxygen atoms in total. The van der Waals surface area contributed by atoms with E-state index in [1.165, 1.54) is 5.56 Å². The molecule has 0 saturated carbocycles. The highest BCUT2D eigenvalue weighted by Crippen LogP contribution is 2.45. The van der Waals surface area contributed by atoms with Gasteiger partial charge in [0.05, 0.1) is 18.2 Å². The topological polar surface area (TPSA) is 59.4 Å². The molecule has 1 amide bonds. The zero-order valence-corrected chi connectivity index (χ0v) is 16.5. The minimum Gasteiger partial charge on any atom is -0.312 e. The molecule has 1 saturated heterocycles. The summed E-state index contributed by atoms with van der Waals surface area (Å²) in [6.07, 6.45) is 0. The number of nitriles is 1. The average molecular weight is 374 g/mol. The number of benzene rings is 2. The third-order valence-electron chi connectivity index (χ3n) is 6.01. The molecule has 1 fully saturated rings. The molecule has 144 valence electrons. The standard InChI is InChI=1S/C23H26N4O/c1-17-14-26(11-10-25-17)15-22(28)27-16-23(2,19-6-4-3-5-7-19)20-9-8-18(13-24)12-21(20)27/h3-9,12,17,25H,10-11,14-16H2,1-2H3/t17?,23-/m0/s1. The van der Waals surface area contributed by atoms with Crippen molar-refractivity contribution in [1.29, 1.82) is 5.26 Å². The van der Waals surface area contributed by atoms with Gasteiger partial charge in [-0.15, -0.1) is 0 Å². The monoisotopic (exact) mass is 374 g/mol. The summed E-state index contributed by atoms with van der Waals surface area (Å²) in [6.45, 7) is 8.01. The van der Waals surface area contributed by atoms with E-state index in [4.69, 9.17) is 0 Å². The zero-order valence-electron chi connectivity index (χ0n) is 16.5. The van der Waals surface area contributed by atoms with Gasteiger partial charge < -0.3 is 10.2 Å². The summed E-state index contributed by atoms with van der Waals surface area (Å²) in [6, 6.07) is 18.7. The number of hydrogen-bond acceptors (Lipinski definition) is 4. The molecule has 1 N–H and O–H groups in total. The molecule has 0 aliphatic carbocycles. The molecule has 4 rings (SSSR count). The van der Waals surface area contributed by atoms with Gasteiger partial charge in [-0.25, -0.2) is 0 Å². The lowest BCUT2D eigenvalue weighted by atomic mass is 9.78. The van der Waals surface area contributed by atoms with Crippen LogP contribution in [0.3, 0.4) is 0 Å². The van der Waals surface area contributed by atoms with E-state index >= 15 is 0 Å².